The third-order valence-electron chi connectivity index (χ3n) is 4.64. The lowest BCUT2D eigenvalue weighted by molar-refractivity contribution is 0.102. The van der Waals surface area contributed by atoms with E-state index in [0.29, 0.717) is 16.4 Å². The van der Waals surface area contributed by atoms with Gasteiger partial charge >= 0.3 is 0 Å². The standard InChI is InChI=1S/C21H21N5OS/c1-14(23-15-7-3-2-4-8-15)26-12-11-18-19(13-26)28-21(25-18)20(27)24-17-10-6-5-9-16(17)22/h2-10H,11-13,22H2,1H3,(H,24,27). The molecule has 28 heavy (non-hydrogen) atoms. The Morgan fingerprint density at radius 3 is 2.71 bits per heavy atom. The fourth-order valence-corrected chi connectivity index (χ4v) is 4.13. The summed E-state index contributed by atoms with van der Waals surface area (Å²) in [6, 6.07) is 17.1. The molecule has 0 saturated carbocycles. The molecule has 2 heterocycles. The second kappa shape index (κ2) is 7.82. The van der Waals surface area contributed by atoms with E-state index in [1.807, 2.05) is 49.4 Å². The van der Waals surface area contributed by atoms with Gasteiger partial charge in [-0.3, -0.25) is 4.79 Å². The SMILES string of the molecule is CC(=Nc1ccccc1)N1CCc2nc(C(=O)Nc3ccccc3N)sc2C1. The zero-order valence-electron chi connectivity index (χ0n) is 15.6. The predicted octanol–water partition coefficient (Wildman–Crippen LogP) is 4.09. The van der Waals surface area contributed by atoms with E-state index in [1.54, 1.807) is 12.1 Å². The maximum Gasteiger partial charge on any atom is 0.284 e. The summed E-state index contributed by atoms with van der Waals surface area (Å²) < 4.78 is 0. The van der Waals surface area contributed by atoms with Crippen LogP contribution in [-0.2, 0) is 13.0 Å². The third kappa shape index (κ3) is 3.89. The molecular weight excluding hydrogens is 370 g/mol. The molecule has 1 aliphatic rings. The molecule has 6 nitrogen and oxygen atoms in total. The van der Waals surface area contributed by atoms with Gasteiger partial charge in [0, 0.05) is 17.8 Å². The van der Waals surface area contributed by atoms with E-state index in [0.717, 1.165) is 41.6 Å². The van der Waals surface area contributed by atoms with Gasteiger partial charge in [0.15, 0.2) is 5.01 Å². The van der Waals surface area contributed by atoms with Crippen molar-refractivity contribution in [3.63, 3.8) is 0 Å². The highest BCUT2D eigenvalue weighted by molar-refractivity contribution is 7.13. The van der Waals surface area contributed by atoms with Gasteiger partial charge in [0.05, 0.1) is 29.3 Å². The van der Waals surface area contributed by atoms with Crippen molar-refractivity contribution in [2.45, 2.75) is 19.9 Å². The highest BCUT2D eigenvalue weighted by Gasteiger charge is 2.24. The Morgan fingerprint density at radius 1 is 1.18 bits per heavy atom. The fraction of sp³-hybridized carbons (Fsp3) is 0.190. The molecule has 7 heteroatoms. The van der Waals surface area contributed by atoms with Crippen LogP contribution in [0.1, 0.15) is 27.3 Å². The summed E-state index contributed by atoms with van der Waals surface area (Å²) in [6.07, 6.45) is 0.800. The van der Waals surface area contributed by atoms with Crippen LogP contribution in [0.5, 0.6) is 0 Å². The van der Waals surface area contributed by atoms with Gasteiger partial charge in [-0.05, 0) is 31.2 Å². The molecule has 142 valence electrons. The number of aliphatic imine (C=N–C) groups is 1. The van der Waals surface area contributed by atoms with Crippen LogP contribution in [-0.4, -0.2) is 28.2 Å². The van der Waals surface area contributed by atoms with E-state index in [9.17, 15) is 4.79 Å². The summed E-state index contributed by atoms with van der Waals surface area (Å²) in [5, 5.41) is 3.31. The summed E-state index contributed by atoms with van der Waals surface area (Å²) in [5.41, 5.74) is 8.99. The number of thiazole rings is 1. The van der Waals surface area contributed by atoms with Crippen LogP contribution < -0.4 is 11.1 Å². The van der Waals surface area contributed by atoms with Crippen LogP contribution in [0.2, 0.25) is 0 Å². The lowest BCUT2D eigenvalue weighted by Crippen LogP contribution is -2.33. The number of amides is 1. The van der Waals surface area contributed by atoms with Crippen LogP contribution in [0.3, 0.4) is 0 Å². The molecule has 3 N–H and O–H groups in total. The van der Waals surface area contributed by atoms with Crippen molar-refractivity contribution in [2.75, 3.05) is 17.6 Å². The average Bonchev–Trinajstić information content (AvgIpc) is 3.14. The number of fused-ring (bicyclic) bond motifs is 1. The van der Waals surface area contributed by atoms with Gasteiger partial charge in [0.1, 0.15) is 5.84 Å². The molecule has 0 atom stereocenters. The first kappa shape index (κ1) is 18.2. The number of nitrogens with two attached hydrogens (primary N) is 1. The second-order valence-electron chi connectivity index (χ2n) is 6.60. The minimum Gasteiger partial charge on any atom is -0.397 e. The number of benzene rings is 2. The molecule has 3 aromatic rings. The van der Waals surface area contributed by atoms with Crippen molar-refractivity contribution >= 4 is 40.1 Å². The van der Waals surface area contributed by atoms with Gasteiger partial charge in [-0.1, -0.05) is 30.3 Å². The van der Waals surface area contributed by atoms with Crippen LogP contribution in [0, 0.1) is 0 Å². The van der Waals surface area contributed by atoms with Gasteiger partial charge in [0.2, 0.25) is 0 Å². The smallest absolute Gasteiger partial charge is 0.284 e. The quantitative estimate of drug-likeness (QED) is 0.400. The molecule has 1 aliphatic heterocycles. The first-order chi connectivity index (χ1) is 13.6. The number of nitrogen functional groups attached to an aromatic ring is 1. The Hall–Kier alpha value is -3.19. The minimum atomic E-state index is -0.224. The lowest BCUT2D eigenvalue weighted by atomic mass is 10.2. The number of carbonyl (C=O) groups is 1. The number of hydrogen-bond donors (Lipinski definition) is 2. The second-order valence-corrected chi connectivity index (χ2v) is 7.68. The normalized spacial score (nSPS) is 13.9. The molecule has 0 spiro atoms. The van der Waals surface area contributed by atoms with Crippen LogP contribution in [0.4, 0.5) is 17.1 Å². The number of hydrogen-bond acceptors (Lipinski definition) is 5. The number of aromatic nitrogens is 1. The van der Waals surface area contributed by atoms with E-state index in [1.165, 1.54) is 11.3 Å². The topological polar surface area (TPSA) is 83.6 Å². The Labute approximate surface area is 167 Å². The average molecular weight is 392 g/mol. The predicted molar refractivity (Wildman–Crippen MR) is 114 cm³/mol. The Morgan fingerprint density at radius 2 is 1.93 bits per heavy atom. The Bertz CT molecular complexity index is 1030. The summed E-state index contributed by atoms with van der Waals surface area (Å²) in [6.45, 7) is 3.58. The third-order valence-corrected chi connectivity index (χ3v) is 5.72. The summed E-state index contributed by atoms with van der Waals surface area (Å²) in [7, 11) is 0. The van der Waals surface area contributed by atoms with E-state index in [-0.39, 0.29) is 5.91 Å². The van der Waals surface area contributed by atoms with Gasteiger partial charge in [-0.25, -0.2) is 9.98 Å². The fourth-order valence-electron chi connectivity index (χ4n) is 3.12. The molecule has 0 fully saturated rings. The number of rotatable bonds is 3. The molecule has 0 unspecified atom stereocenters. The number of amidine groups is 1. The van der Waals surface area contributed by atoms with Crippen LogP contribution in [0.25, 0.3) is 0 Å². The number of anilines is 2. The molecule has 0 saturated heterocycles. The molecule has 0 radical (unpaired) electrons. The molecular formula is C21H21N5OS. The minimum absolute atomic E-state index is 0.224. The highest BCUT2D eigenvalue weighted by atomic mass is 32.1. The van der Waals surface area contributed by atoms with Crippen molar-refractivity contribution in [1.82, 2.24) is 9.88 Å². The number of nitrogens with one attached hydrogen (secondary N) is 1. The summed E-state index contributed by atoms with van der Waals surface area (Å²) in [4.78, 5) is 25.2. The van der Waals surface area contributed by atoms with Crippen molar-refractivity contribution in [3.8, 4) is 0 Å². The Kier molecular flexibility index (Phi) is 5.08. The van der Waals surface area contributed by atoms with E-state index in [4.69, 9.17) is 10.7 Å². The van der Waals surface area contributed by atoms with Crippen molar-refractivity contribution in [1.29, 1.82) is 0 Å². The summed E-state index contributed by atoms with van der Waals surface area (Å²) >= 11 is 1.44. The van der Waals surface area contributed by atoms with Crippen LogP contribution in [0.15, 0.2) is 59.6 Å². The first-order valence-electron chi connectivity index (χ1n) is 9.10. The molecule has 1 amide bonds. The molecule has 4 rings (SSSR count). The molecule has 0 bridgehead atoms. The van der Waals surface area contributed by atoms with Crippen molar-refractivity contribution < 1.29 is 4.79 Å². The van der Waals surface area contributed by atoms with E-state index >= 15 is 0 Å². The van der Waals surface area contributed by atoms with Crippen LogP contribution >= 0.6 is 11.3 Å². The zero-order valence-corrected chi connectivity index (χ0v) is 16.4. The highest BCUT2D eigenvalue weighted by Crippen LogP contribution is 2.27. The van der Waals surface area contributed by atoms with Crippen molar-refractivity contribution in [2.24, 2.45) is 4.99 Å². The molecule has 1 aromatic heterocycles. The Balaban J connectivity index is 1.48. The van der Waals surface area contributed by atoms with E-state index in [2.05, 4.69) is 15.2 Å². The largest absolute Gasteiger partial charge is 0.397 e. The summed E-state index contributed by atoms with van der Waals surface area (Å²) in [5.74, 6) is 0.742. The first-order valence-corrected chi connectivity index (χ1v) is 9.91. The number of carbonyl (C=O) groups excluding carboxylic acids is 1. The number of nitrogens with zero attached hydrogens (tertiary/aromatic N) is 3. The maximum absolute atomic E-state index is 12.6. The zero-order chi connectivity index (χ0) is 19.5. The van der Waals surface area contributed by atoms with Gasteiger partial charge in [-0.15, -0.1) is 11.3 Å². The monoisotopic (exact) mass is 391 g/mol. The van der Waals surface area contributed by atoms with E-state index < -0.39 is 0 Å². The van der Waals surface area contributed by atoms with Gasteiger partial charge in [-0.2, -0.15) is 0 Å². The maximum atomic E-state index is 12.6. The molecule has 2 aromatic carbocycles. The number of para-hydroxylation sites is 3. The lowest BCUT2D eigenvalue weighted by Gasteiger charge is -2.27. The van der Waals surface area contributed by atoms with Gasteiger partial charge < -0.3 is 16.0 Å². The van der Waals surface area contributed by atoms with Crippen molar-refractivity contribution in [3.05, 3.63) is 70.2 Å². The van der Waals surface area contributed by atoms with Gasteiger partial charge in [0.25, 0.3) is 5.91 Å². The molecule has 0 aliphatic carbocycles.